The number of aliphatic hydroxyl groups excluding tert-OH is 1. The van der Waals surface area contributed by atoms with Crippen molar-refractivity contribution >= 4 is 27.0 Å². The minimum atomic E-state index is -3.63. The van der Waals surface area contributed by atoms with Crippen molar-refractivity contribution in [1.29, 1.82) is 0 Å². The van der Waals surface area contributed by atoms with E-state index in [0.29, 0.717) is 16.3 Å². The molecule has 0 fully saturated rings. The van der Waals surface area contributed by atoms with Crippen LogP contribution in [0.5, 0.6) is 5.75 Å². The molecule has 0 aliphatic heterocycles. The minimum absolute atomic E-state index is 0.143. The fourth-order valence-corrected chi connectivity index (χ4v) is 3.67. The molecule has 0 saturated carbocycles. The van der Waals surface area contributed by atoms with Gasteiger partial charge in [0.05, 0.1) is 24.3 Å². The SMILES string of the molecule is COc1cccc(NS(=O)(=O)c2csc(CO)c2)c1. The second-order valence-electron chi connectivity index (χ2n) is 3.74. The monoisotopic (exact) mass is 299 g/mol. The summed E-state index contributed by atoms with van der Waals surface area (Å²) in [6.07, 6.45) is 0. The number of rotatable bonds is 5. The van der Waals surface area contributed by atoms with E-state index in [1.807, 2.05) is 0 Å². The van der Waals surface area contributed by atoms with E-state index in [-0.39, 0.29) is 11.5 Å². The Bertz CT molecular complexity index is 664. The van der Waals surface area contributed by atoms with Gasteiger partial charge in [0.25, 0.3) is 10.0 Å². The van der Waals surface area contributed by atoms with Gasteiger partial charge >= 0.3 is 0 Å². The highest BCUT2D eigenvalue weighted by atomic mass is 32.2. The summed E-state index contributed by atoms with van der Waals surface area (Å²) in [6, 6.07) is 8.11. The first-order valence-electron chi connectivity index (χ1n) is 5.40. The van der Waals surface area contributed by atoms with E-state index in [4.69, 9.17) is 9.84 Å². The zero-order chi connectivity index (χ0) is 13.9. The van der Waals surface area contributed by atoms with Crippen molar-refractivity contribution < 1.29 is 18.3 Å². The smallest absolute Gasteiger partial charge is 0.262 e. The van der Waals surface area contributed by atoms with Gasteiger partial charge < -0.3 is 9.84 Å². The molecule has 2 N–H and O–H groups in total. The molecule has 19 heavy (non-hydrogen) atoms. The van der Waals surface area contributed by atoms with Gasteiger partial charge in [0.1, 0.15) is 5.75 Å². The van der Waals surface area contributed by atoms with Crippen LogP contribution in [0.3, 0.4) is 0 Å². The number of nitrogens with one attached hydrogen (secondary N) is 1. The van der Waals surface area contributed by atoms with E-state index in [2.05, 4.69) is 4.72 Å². The summed E-state index contributed by atoms with van der Waals surface area (Å²) in [5.41, 5.74) is 0.427. The third kappa shape index (κ3) is 3.25. The summed E-state index contributed by atoms with van der Waals surface area (Å²) in [7, 11) is -2.12. The Morgan fingerprint density at radius 2 is 2.16 bits per heavy atom. The fraction of sp³-hybridized carbons (Fsp3) is 0.167. The molecule has 102 valence electrons. The van der Waals surface area contributed by atoms with Gasteiger partial charge in [0.15, 0.2) is 0 Å². The van der Waals surface area contributed by atoms with Crippen LogP contribution in [0.15, 0.2) is 40.6 Å². The number of anilines is 1. The van der Waals surface area contributed by atoms with Crippen LogP contribution >= 0.6 is 11.3 Å². The van der Waals surface area contributed by atoms with Crippen molar-refractivity contribution in [3.8, 4) is 5.75 Å². The molecule has 2 rings (SSSR count). The standard InChI is InChI=1S/C12H13NO4S2/c1-17-10-4-2-3-9(5-10)13-19(15,16)12-6-11(7-14)18-8-12/h2-6,8,13-14H,7H2,1H3. The zero-order valence-corrected chi connectivity index (χ0v) is 11.8. The fourth-order valence-electron chi connectivity index (χ4n) is 1.48. The predicted octanol–water partition coefficient (Wildman–Crippen LogP) is 2.05. The topological polar surface area (TPSA) is 75.6 Å². The van der Waals surface area contributed by atoms with Crippen molar-refractivity contribution in [3.05, 3.63) is 40.6 Å². The molecule has 1 aromatic heterocycles. The van der Waals surface area contributed by atoms with Gasteiger partial charge in [0.2, 0.25) is 0 Å². The van der Waals surface area contributed by atoms with Gasteiger partial charge in [-0.15, -0.1) is 11.3 Å². The van der Waals surface area contributed by atoms with Crippen molar-refractivity contribution in [3.63, 3.8) is 0 Å². The van der Waals surface area contributed by atoms with Crippen molar-refractivity contribution in [2.24, 2.45) is 0 Å². The van der Waals surface area contributed by atoms with E-state index in [9.17, 15) is 8.42 Å². The van der Waals surface area contributed by atoms with Crippen LogP contribution in [0.4, 0.5) is 5.69 Å². The van der Waals surface area contributed by atoms with Crippen molar-refractivity contribution in [1.82, 2.24) is 0 Å². The number of sulfonamides is 1. The Hall–Kier alpha value is -1.57. The number of aliphatic hydroxyl groups is 1. The number of thiophene rings is 1. The van der Waals surface area contributed by atoms with Gasteiger partial charge in [-0.3, -0.25) is 4.72 Å². The molecule has 7 heteroatoms. The molecule has 0 aliphatic carbocycles. The lowest BCUT2D eigenvalue weighted by atomic mass is 10.3. The number of methoxy groups -OCH3 is 1. The molecule has 0 bridgehead atoms. The zero-order valence-electron chi connectivity index (χ0n) is 10.2. The Labute approximate surface area is 115 Å². The Morgan fingerprint density at radius 3 is 2.79 bits per heavy atom. The third-order valence-electron chi connectivity index (χ3n) is 2.42. The molecule has 1 heterocycles. The maximum atomic E-state index is 12.1. The first-order valence-corrected chi connectivity index (χ1v) is 7.76. The second-order valence-corrected chi connectivity index (χ2v) is 6.42. The Kier molecular flexibility index (Phi) is 4.08. The van der Waals surface area contributed by atoms with Crippen molar-refractivity contribution in [2.45, 2.75) is 11.5 Å². The van der Waals surface area contributed by atoms with Gasteiger partial charge in [0, 0.05) is 16.3 Å². The largest absolute Gasteiger partial charge is 0.497 e. The van der Waals surface area contributed by atoms with Crippen LogP contribution < -0.4 is 9.46 Å². The lowest BCUT2D eigenvalue weighted by molar-refractivity contribution is 0.285. The minimum Gasteiger partial charge on any atom is -0.497 e. The first-order chi connectivity index (χ1) is 9.05. The van der Waals surface area contributed by atoms with Crippen LogP contribution in [0.2, 0.25) is 0 Å². The quantitative estimate of drug-likeness (QED) is 0.886. The molecule has 0 aliphatic rings. The van der Waals surface area contributed by atoms with Crippen LogP contribution in [0.1, 0.15) is 4.88 Å². The summed E-state index contributed by atoms with van der Waals surface area (Å²) in [5, 5.41) is 10.4. The maximum Gasteiger partial charge on any atom is 0.262 e. The van der Waals surface area contributed by atoms with Crippen LogP contribution in [0, 0.1) is 0 Å². The average molecular weight is 299 g/mol. The Morgan fingerprint density at radius 1 is 1.37 bits per heavy atom. The second kappa shape index (κ2) is 5.60. The van der Waals surface area contributed by atoms with Gasteiger partial charge in [-0.2, -0.15) is 0 Å². The third-order valence-corrected chi connectivity index (χ3v) is 4.85. The van der Waals surface area contributed by atoms with Crippen molar-refractivity contribution in [2.75, 3.05) is 11.8 Å². The van der Waals surface area contributed by atoms with E-state index in [1.165, 1.54) is 29.9 Å². The molecular formula is C12H13NO4S2. The molecule has 2 aromatic rings. The van der Waals surface area contributed by atoms with E-state index >= 15 is 0 Å². The number of benzene rings is 1. The molecule has 0 atom stereocenters. The maximum absolute atomic E-state index is 12.1. The molecule has 1 aromatic carbocycles. The molecule has 0 amide bonds. The van der Waals surface area contributed by atoms with Gasteiger partial charge in [-0.1, -0.05) is 6.07 Å². The van der Waals surface area contributed by atoms with E-state index in [1.54, 1.807) is 24.3 Å². The summed E-state index contributed by atoms with van der Waals surface area (Å²) >= 11 is 1.20. The molecule has 0 saturated heterocycles. The normalized spacial score (nSPS) is 11.3. The molecule has 0 unspecified atom stereocenters. The molecule has 0 radical (unpaired) electrons. The summed E-state index contributed by atoms with van der Waals surface area (Å²) in [5.74, 6) is 0.571. The number of ether oxygens (including phenoxy) is 1. The predicted molar refractivity (Wildman–Crippen MR) is 74.0 cm³/mol. The molecule has 5 nitrogen and oxygen atoms in total. The van der Waals surface area contributed by atoms with Crippen LogP contribution in [-0.2, 0) is 16.6 Å². The average Bonchev–Trinajstić information content (AvgIpc) is 2.88. The van der Waals surface area contributed by atoms with Gasteiger partial charge in [-0.25, -0.2) is 8.42 Å². The van der Waals surface area contributed by atoms with Crippen LogP contribution in [-0.4, -0.2) is 20.6 Å². The highest BCUT2D eigenvalue weighted by Crippen LogP contribution is 2.23. The first kappa shape index (κ1) is 13.9. The highest BCUT2D eigenvalue weighted by molar-refractivity contribution is 7.92. The summed E-state index contributed by atoms with van der Waals surface area (Å²) < 4.78 is 31.7. The number of hydrogen-bond donors (Lipinski definition) is 2. The van der Waals surface area contributed by atoms with Gasteiger partial charge in [-0.05, 0) is 18.2 Å². The summed E-state index contributed by atoms with van der Waals surface area (Å²) in [4.78, 5) is 0.746. The summed E-state index contributed by atoms with van der Waals surface area (Å²) in [6.45, 7) is -0.167. The van der Waals surface area contributed by atoms with Crippen LogP contribution in [0.25, 0.3) is 0 Å². The lowest BCUT2D eigenvalue weighted by Gasteiger charge is -2.07. The highest BCUT2D eigenvalue weighted by Gasteiger charge is 2.16. The molecular weight excluding hydrogens is 286 g/mol. The Balaban J connectivity index is 2.25. The van der Waals surface area contributed by atoms with E-state index < -0.39 is 10.0 Å². The molecule has 0 spiro atoms. The lowest BCUT2D eigenvalue weighted by Crippen LogP contribution is -2.12. The number of hydrogen-bond acceptors (Lipinski definition) is 5. The van der Waals surface area contributed by atoms with E-state index in [0.717, 1.165) is 0 Å².